The van der Waals surface area contributed by atoms with E-state index in [1.54, 1.807) is 6.92 Å². The van der Waals surface area contributed by atoms with Gasteiger partial charge in [-0.05, 0) is 36.8 Å². The van der Waals surface area contributed by atoms with Crippen LogP contribution in [0.5, 0.6) is 0 Å². The topological polar surface area (TPSA) is 59.1 Å². The van der Waals surface area contributed by atoms with Crippen LogP contribution in [0.25, 0.3) is 0 Å². The lowest BCUT2D eigenvalue weighted by atomic mass is 10.3. The second kappa shape index (κ2) is 5.96. The predicted octanol–water partition coefficient (Wildman–Crippen LogP) is 4.29. The molecule has 0 spiro atoms. The Hall–Kier alpha value is -1.08. The summed E-state index contributed by atoms with van der Waals surface area (Å²) in [6.45, 7) is 1.60. The van der Waals surface area contributed by atoms with Crippen LogP contribution in [0.1, 0.15) is 5.56 Å². The van der Waals surface area contributed by atoms with Crippen LogP contribution in [0.3, 0.4) is 0 Å². The zero-order chi connectivity index (χ0) is 15.8. The summed E-state index contributed by atoms with van der Waals surface area (Å²) in [6.07, 6.45) is 0. The first kappa shape index (κ1) is 16.3. The molecule has 112 valence electrons. The van der Waals surface area contributed by atoms with Gasteiger partial charge in [0.05, 0.1) is 10.7 Å². The van der Waals surface area contributed by atoms with E-state index in [1.807, 2.05) is 0 Å². The zero-order valence-corrected chi connectivity index (χ0v) is 13.6. The second-order valence-electron chi connectivity index (χ2n) is 4.11. The molecule has 21 heavy (non-hydrogen) atoms. The Morgan fingerprint density at radius 3 is 2.48 bits per heavy atom. The first-order chi connectivity index (χ1) is 9.70. The third-order valence-electron chi connectivity index (χ3n) is 2.56. The fourth-order valence-electron chi connectivity index (χ4n) is 1.59. The summed E-state index contributed by atoms with van der Waals surface area (Å²) in [5.74, 6) is -0.725. The average Bonchev–Trinajstić information content (AvgIpc) is 2.36. The van der Waals surface area contributed by atoms with Gasteiger partial charge < -0.3 is 0 Å². The van der Waals surface area contributed by atoms with E-state index in [0.717, 1.165) is 18.2 Å². The van der Waals surface area contributed by atoms with E-state index in [2.05, 4.69) is 9.71 Å². The molecule has 9 heteroatoms. The third kappa shape index (κ3) is 3.58. The van der Waals surface area contributed by atoms with Gasteiger partial charge >= 0.3 is 0 Å². The molecular formula is C12H8Cl3FN2O2S. The highest BCUT2D eigenvalue weighted by Crippen LogP contribution is 2.30. The van der Waals surface area contributed by atoms with Crippen molar-refractivity contribution < 1.29 is 12.8 Å². The lowest BCUT2D eigenvalue weighted by molar-refractivity contribution is 0.595. The molecule has 0 saturated heterocycles. The molecule has 0 fully saturated rings. The number of halogens is 4. The lowest BCUT2D eigenvalue weighted by Crippen LogP contribution is -2.15. The minimum atomic E-state index is -4.11. The van der Waals surface area contributed by atoms with Crippen LogP contribution >= 0.6 is 34.8 Å². The number of nitrogens with zero attached hydrogens (tertiary/aromatic N) is 1. The largest absolute Gasteiger partial charge is 0.276 e. The zero-order valence-electron chi connectivity index (χ0n) is 10.5. The first-order valence-electron chi connectivity index (χ1n) is 5.51. The fraction of sp³-hybridized carbons (Fsp3) is 0.0833. The van der Waals surface area contributed by atoms with E-state index in [9.17, 15) is 12.8 Å². The molecule has 1 aromatic heterocycles. The quantitative estimate of drug-likeness (QED) is 0.821. The molecular weight excluding hydrogens is 362 g/mol. The molecule has 0 unspecified atom stereocenters. The molecule has 0 atom stereocenters. The highest BCUT2D eigenvalue weighted by molar-refractivity contribution is 7.92. The molecule has 0 bridgehead atoms. The third-order valence-corrected chi connectivity index (χ3v) is 4.86. The highest BCUT2D eigenvalue weighted by Gasteiger charge is 2.21. The SMILES string of the molecule is Cc1cc(Cl)nc(Cl)c1NS(=O)(=O)c1cc(F)ccc1Cl. The molecule has 0 amide bonds. The number of aromatic nitrogens is 1. The van der Waals surface area contributed by atoms with Crippen molar-refractivity contribution in [3.8, 4) is 0 Å². The maximum atomic E-state index is 13.2. The van der Waals surface area contributed by atoms with E-state index >= 15 is 0 Å². The maximum absolute atomic E-state index is 13.2. The van der Waals surface area contributed by atoms with Crippen LogP contribution in [0.2, 0.25) is 15.3 Å². The normalized spacial score (nSPS) is 11.5. The van der Waals surface area contributed by atoms with Crippen LogP contribution in [-0.4, -0.2) is 13.4 Å². The van der Waals surface area contributed by atoms with E-state index in [1.165, 1.54) is 6.07 Å². The molecule has 4 nitrogen and oxygen atoms in total. The van der Waals surface area contributed by atoms with Gasteiger partial charge in [-0.3, -0.25) is 4.72 Å². The number of pyridine rings is 1. The van der Waals surface area contributed by atoms with Gasteiger partial charge in [-0.2, -0.15) is 0 Å². The van der Waals surface area contributed by atoms with Crippen molar-refractivity contribution in [3.05, 3.63) is 51.0 Å². The summed E-state index contributed by atoms with van der Waals surface area (Å²) in [5.41, 5.74) is 0.525. The van der Waals surface area contributed by atoms with Gasteiger partial charge in [-0.1, -0.05) is 34.8 Å². The smallest absolute Gasteiger partial charge is 0.263 e. The number of aryl methyl sites for hydroxylation is 1. The highest BCUT2D eigenvalue weighted by atomic mass is 35.5. The summed E-state index contributed by atoms with van der Waals surface area (Å²) in [4.78, 5) is 3.36. The van der Waals surface area contributed by atoms with Crippen molar-refractivity contribution in [2.24, 2.45) is 0 Å². The van der Waals surface area contributed by atoms with E-state index in [4.69, 9.17) is 34.8 Å². The molecule has 1 heterocycles. The van der Waals surface area contributed by atoms with Crippen molar-refractivity contribution in [1.29, 1.82) is 0 Å². The van der Waals surface area contributed by atoms with Crippen molar-refractivity contribution in [2.75, 3.05) is 4.72 Å². The van der Waals surface area contributed by atoms with E-state index < -0.39 is 20.7 Å². The Kier molecular flexibility index (Phi) is 4.63. The van der Waals surface area contributed by atoms with Crippen LogP contribution in [-0.2, 0) is 10.0 Å². The Balaban J connectivity index is 2.50. The van der Waals surface area contributed by atoms with Crippen LogP contribution in [0.15, 0.2) is 29.2 Å². The number of sulfonamides is 1. The molecule has 0 aliphatic carbocycles. The van der Waals surface area contributed by atoms with E-state index in [0.29, 0.717) is 5.56 Å². The Morgan fingerprint density at radius 1 is 1.19 bits per heavy atom. The molecule has 0 aliphatic heterocycles. The monoisotopic (exact) mass is 368 g/mol. The fourth-order valence-corrected chi connectivity index (χ4v) is 3.88. The lowest BCUT2D eigenvalue weighted by Gasteiger charge is -2.13. The number of anilines is 1. The van der Waals surface area contributed by atoms with Gasteiger partial charge in [-0.25, -0.2) is 17.8 Å². The number of hydrogen-bond donors (Lipinski definition) is 1. The molecule has 0 aliphatic rings. The molecule has 2 rings (SSSR count). The van der Waals surface area contributed by atoms with Gasteiger partial charge in [0.15, 0.2) is 5.15 Å². The molecule has 2 aromatic rings. The van der Waals surface area contributed by atoms with Gasteiger partial charge in [0.25, 0.3) is 10.0 Å². The molecule has 1 aromatic carbocycles. The maximum Gasteiger partial charge on any atom is 0.263 e. The Labute approximate surface area is 135 Å². The predicted molar refractivity (Wildman–Crippen MR) is 81.2 cm³/mol. The number of nitrogens with one attached hydrogen (secondary N) is 1. The number of benzene rings is 1. The van der Waals surface area contributed by atoms with Crippen molar-refractivity contribution in [1.82, 2.24) is 4.98 Å². The van der Waals surface area contributed by atoms with Crippen LogP contribution < -0.4 is 4.72 Å². The first-order valence-corrected chi connectivity index (χ1v) is 8.13. The number of hydrogen-bond acceptors (Lipinski definition) is 3. The minimum absolute atomic E-state index is 0.0568. The van der Waals surface area contributed by atoms with Crippen molar-refractivity contribution in [3.63, 3.8) is 0 Å². The summed E-state index contributed by atoms with van der Waals surface area (Å²) in [7, 11) is -4.11. The minimum Gasteiger partial charge on any atom is -0.276 e. The Bertz CT molecular complexity index is 789. The van der Waals surface area contributed by atoms with Gasteiger partial charge in [0, 0.05) is 0 Å². The molecule has 1 N–H and O–H groups in total. The summed E-state index contributed by atoms with van der Waals surface area (Å²) in [5, 5.41) is -0.0973. The summed E-state index contributed by atoms with van der Waals surface area (Å²) >= 11 is 17.4. The van der Waals surface area contributed by atoms with Gasteiger partial charge in [0.2, 0.25) is 0 Å². The van der Waals surface area contributed by atoms with Crippen LogP contribution in [0, 0.1) is 12.7 Å². The molecule has 0 saturated carbocycles. The summed E-state index contributed by atoms with van der Waals surface area (Å²) < 4.78 is 40.0. The number of rotatable bonds is 3. The van der Waals surface area contributed by atoms with E-state index in [-0.39, 0.29) is 21.0 Å². The van der Waals surface area contributed by atoms with Gasteiger partial charge in [0.1, 0.15) is 15.9 Å². The second-order valence-corrected chi connectivity index (χ2v) is 6.91. The Morgan fingerprint density at radius 2 is 1.86 bits per heavy atom. The van der Waals surface area contributed by atoms with Crippen molar-refractivity contribution >= 4 is 50.5 Å². The average molecular weight is 370 g/mol. The standard InChI is InChI=1S/C12H8Cl3FN2O2S/c1-6-4-10(14)17-12(15)11(6)18-21(19,20)9-5-7(16)2-3-8(9)13/h2-5,18H,1H3. The van der Waals surface area contributed by atoms with Gasteiger partial charge in [-0.15, -0.1) is 0 Å². The van der Waals surface area contributed by atoms with Crippen molar-refractivity contribution in [2.45, 2.75) is 11.8 Å². The van der Waals surface area contributed by atoms with Crippen LogP contribution in [0.4, 0.5) is 10.1 Å². The summed E-state index contributed by atoms with van der Waals surface area (Å²) in [6, 6.07) is 4.47. The molecule has 0 radical (unpaired) electrons.